The standard InChI is InChI=1S/C18H28N2O2.ClH/c1-22-13-6-5-12-20(15-16-8-3-2-4-9-16)18(21)17-10-7-11-19-14-17;/h2-4,8-9,17,19H,5-7,10-15H2,1H3;1H. The number of methoxy groups -OCH3 is 1. The third-order valence-electron chi connectivity index (χ3n) is 4.20. The molecule has 1 unspecified atom stereocenters. The van der Waals surface area contributed by atoms with Crippen LogP contribution in [0.5, 0.6) is 0 Å². The second-order valence-electron chi connectivity index (χ2n) is 5.99. The van der Waals surface area contributed by atoms with Crippen molar-refractivity contribution < 1.29 is 9.53 Å². The maximum absolute atomic E-state index is 12.8. The van der Waals surface area contributed by atoms with Crippen LogP contribution in [0, 0.1) is 5.92 Å². The first kappa shape index (κ1) is 19.9. The highest BCUT2D eigenvalue weighted by atomic mass is 35.5. The fourth-order valence-electron chi connectivity index (χ4n) is 2.94. The summed E-state index contributed by atoms with van der Waals surface area (Å²) in [5, 5.41) is 3.34. The molecule has 1 aliphatic heterocycles. The lowest BCUT2D eigenvalue weighted by Crippen LogP contribution is -2.43. The molecule has 0 saturated carbocycles. The van der Waals surface area contributed by atoms with E-state index in [4.69, 9.17) is 4.74 Å². The molecule has 2 rings (SSSR count). The van der Waals surface area contributed by atoms with Crippen molar-refractivity contribution >= 4 is 18.3 Å². The maximum Gasteiger partial charge on any atom is 0.227 e. The lowest BCUT2D eigenvalue weighted by molar-refractivity contribution is -0.136. The van der Waals surface area contributed by atoms with E-state index in [9.17, 15) is 4.79 Å². The van der Waals surface area contributed by atoms with E-state index >= 15 is 0 Å². The Morgan fingerprint density at radius 3 is 2.74 bits per heavy atom. The van der Waals surface area contributed by atoms with Crippen molar-refractivity contribution in [2.45, 2.75) is 32.2 Å². The summed E-state index contributed by atoms with van der Waals surface area (Å²) in [4.78, 5) is 14.9. The highest BCUT2D eigenvalue weighted by Crippen LogP contribution is 2.16. The van der Waals surface area contributed by atoms with Gasteiger partial charge < -0.3 is 15.0 Å². The fraction of sp³-hybridized carbons (Fsp3) is 0.611. The summed E-state index contributed by atoms with van der Waals surface area (Å²) in [5.41, 5.74) is 1.20. The number of hydrogen-bond acceptors (Lipinski definition) is 3. The number of benzene rings is 1. The van der Waals surface area contributed by atoms with Crippen LogP contribution in [0.2, 0.25) is 0 Å². The molecular weight excluding hydrogens is 312 g/mol. The van der Waals surface area contributed by atoms with Crippen LogP contribution in [0.15, 0.2) is 30.3 Å². The van der Waals surface area contributed by atoms with Crippen molar-refractivity contribution in [3.8, 4) is 0 Å². The lowest BCUT2D eigenvalue weighted by Gasteiger charge is -2.30. The van der Waals surface area contributed by atoms with Crippen molar-refractivity contribution in [3.05, 3.63) is 35.9 Å². The summed E-state index contributed by atoms with van der Waals surface area (Å²) in [6, 6.07) is 10.3. The zero-order valence-electron chi connectivity index (χ0n) is 14.0. The molecule has 1 atom stereocenters. The monoisotopic (exact) mass is 340 g/mol. The number of hydrogen-bond donors (Lipinski definition) is 1. The van der Waals surface area contributed by atoms with Crippen LogP contribution in [0.4, 0.5) is 0 Å². The number of amides is 1. The average molecular weight is 341 g/mol. The Hall–Kier alpha value is -1.10. The topological polar surface area (TPSA) is 41.6 Å². The van der Waals surface area contributed by atoms with Gasteiger partial charge in [0.05, 0.1) is 5.92 Å². The molecule has 0 bridgehead atoms. The zero-order valence-corrected chi connectivity index (χ0v) is 14.8. The molecule has 130 valence electrons. The molecule has 4 nitrogen and oxygen atoms in total. The zero-order chi connectivity index (χ0) is 15.6. The van der Waals surface area contributed by atoms with E-state index in [1.165, 1.54) is 5.56 Å². The number of rotatable bonds is 8. The first-order chi connectivity index (χ1) is 10.8. The van der Waals surface area contributed by atoms with Gasteiger partial charge in [-0.1, -0.05) is 30.3 Å². The molecule has 1 aliphatic rings. The lowest BCUT2D eigenvalue weighted by atomic mass is 9.97. The van der Waals surface area contributed by atoms with Gasteiger partial charge in [0.25, 0.3) is 0 Å². The molecule has 1 aromatic carbocycles. The van der Waals surface area contributed by atoms with Crippen molar-refractivity contribution in [2.75, 3.05) is 33.4 Å². The molecule has 23 heavy (non-hydrogen) atoms. The summed E-state index contributed by atoms with van der Waals surface area (Å²) >= 11 is 0. The van der Waals surface area contributed by atoms with Gasteiger partial charge in [-0.05, 0) is 37.8 Å². The average Bonchev–Trinajstić information content (AvgIpc) is 2.59. The molecule has 0 radical (unpaired) electrons. The van der Waals surface area contributed by atoms with Gasteiger partial charge in [0.2, 0.25) is 5.91 Å². The van der Waals surface area contributed by atoms with Gasteiger partial charge in [-0.2, -0.15) is 0 Å². The third kappa shape index (κ3) is 6.90. The smallest absolute Gasteiger partial charge is 0.227 e. The molecule has 1 heterocycles. The summed E-state index contributed by atoms with van der Waals surface area (Å²) in [5.74, 6) is 0.438. The minimum Gasteiger partial charge on any atom is -0.385 e. The summed E-state index contributed by atoms with van der Waals surface area (Å²) in [6.45, 7) is 4.15. The minimum absolute atomic E-state index is 0. The Bertz CT molecular complexity index is 436. The van der Waals surface area contributed by atoms with E-state index in [1.54, 1.807) is 7.11 Å². The highest BCUT2D eigenvalue weighted by Gasteiger charge is 2.25. The number of ether oxygens (including phenoxy) is 1. The predicted molar refractivity (Wildman–Crippen MR) is 95.8 cm³/mol. The molecule has 1 N–H and O–H groups in total. The van der Waals surface area contributed by atoms with Crippen molar-refractivity contribution in [1.29, 1.82) is 0 Å². The van der Waals surface area contributed by atoms with Gasteiger partial charge in [-0.25, -0.2) is 0 Å². The van der Waals surface area contributed by atoms with Gasteiger partial charge in [0.15, 0.2) is 0 Å². The molecular formula is C18H29ClN2O2. The van der Waals surface area contributed by atoms with E-state index in [1.807, 2.05) is 23.1 Å². The Labute approximate surface area is 146 Å². The first-order valence-corrected chi connectivity index (χ1v) is 8.33. The van der Waals surface area contributed by atoms with Crippen LogP contribution in [0.1, 0.15) is 31.2 Å². The summed E-state index contributed by atoms with van der Waals surface area (Å²) in [6.07, 6.45) is 4.10. The Kier molecular flexibility index (Phi) is 9.92. The van der Waals surface area contributed by atoms with E-state index in [-0.39, 0.29) is 18.3 Å². The Morgan fingerprint density at radius 1 is 1.30 bits per heavy atom. The van der Waals surface area contributed by atoms with Gasteiger partial charge in [0, 0.05) is 33.4 Å². The summed E-state index contributed by atoms with van der Waals surface area (Å²) in [7, 11) is 1.72. The molecule has 1 fully saturated rings. The maximum atomic E-state index is 12.8. The van der Waals surface area contributed by atoms with Crippen LogP contribution in [0.25, 0.3) is 0 Å². The van der Waals surface area contributed by atoms with E-state index in [0.717, 1.165) is 51.9 Å². The molecule has 0 aromatic heterocycles. The van der Waals surface area contributed by atoms with Gasteiger partial charge in [-0.3, -0.25) is 4.79 Å². The summed E-state index contributed by atoms with van der Waals surface area (Å²) < 4.78 is 5.11. The van der Waals surface area contributed by atoms with Crippen molar-refractivity contribution in [3.63, 3.8) is 0 Å². The highest BCUT2D eigenvalue weighted by molar-refractivity contribution is 5.85. The van der Waals surface area contributed by atoms with Gasteiger partial charge in [0.1, 0.15) is 0 Å². The van der Waals surface area contributed by atoms with Crippen molar-refractivity contribution in [1.82, 2.24) is 10.2 Å². The van der Waals surface area contributed by atoms with Crippen LogP contribution in [-0.2, 0) is 16.1 Å². The number of piperidine rings is 1. The molecule has 0 spiro atoms. The van der Waals surface area contributed by atoms with E-state index in [2.05, 4.69) is 17.4 Å². The first-order valence-electron chi connectivity index (χ1n) is 8.33. The number of carbonyl (C=O) groups excluding carboxylic acids is 1. The van der Waals surface area contributed by atoms with Crippen LogP contribution in [-0.4, -0.2) is 44.2 Å². The molecule has 1 aromatic rings. The predicted octanol–water partition coefficient (Wildman–Crippen LogP) is 2.86. The van der Waals surface area contributed by atoms with Crippen LogP contribution in [0.3, 0.4) is 0 Å². The minimum atomic E-state index is 0. The number of nitrogens with zero attached hydrogens (tertiary/aromatic N) is 1. The Morgan fingerprint density at radius 2 is 2.09 bits per heavy atom. The quantitative estimate of drug-likeness (QED) is 0.740. The van der Waals surface area contributed by atoms with Gasteiger partial charge >= 0.3 is 0 Å². The third-order valence-corrected chi connectivity index (χ3v) is 4.20. The SMILES string of the molecule is COCCCCN(Cc1ccccc1)C(=O)C1CCCNC1.Cl. The normalized spacial score (nSPS) is 17.3. The molecule has 0 aliphatic carbocycles. The largest absolute Gasteiger partial charge is 0.385 e. The number of nitrogens with one attached hydrogen (secondary N) is 1. The van der Waals surface area contributed by atoms with E-state index in [0.29, 0.717) is 12.5 Å². The second kappa shape index (κ2) is 11.4. The van der Waals surface area contributed by atoms with Crippen LogP contribution >= 0.6 is 12.4 Å². The second-order valence-corrected chi connectivity index (χ2v) is 5.99. The number of carbonyl (C=O) groups is 1. The van der Waals surface area contributed by atoms with E-state index < -0.39 is 0 Å². The van der Waals surface area contributed by atoms with Gasteiger partial charge in [-0.15, -0.1) is 12.4 Å². The molecule has 5 heteroatoms. The Balaban J connectivity index is 0.00000264. The number of unbranched alkanes of at least 4 members (excludes halogenated alkanes) is 1. The fourth-order valence-corrected chi connectivity index (χ4v) is 2.94. The van der Waals surface area contributed by atoms with Crippen LogP contribution < -0.4 is 5.32 Å². The number of halogens is 1. The molecule has 1 saturated heterocycles. The molecule has 1 amide bonds. The van der Waals surface area contributed by atoms with Crippen molar-refractivity contribution in [2.24, 2.45) is 5.92 Å².